The summed E-state index contributed by atoms with van der Waals surface area (Å²) < 4.78 is 0. The van der Waals surface area contributed by atoms with Gasteiger partial charge in [-0.3, -0.25) is 4.79 Å². The molecule has 0 aliphatic rings. The van der Waals surface area contributed by atoms with Crippen LogP contribution in [0.2, 0.25) is 10.0 Å². The van der Waals surface area contributed by atoms with Gasteiger partial charge in [-0.15, -0.1) is 0 Å². The van der Waals surface area contributed by atoms with Crippen LogP contribution in [-0.4, -0.2) is 11.6 Å². The Hall–Kier alpha value is -0.860. The van der Waals surface area contributed by atoms with Gasteiger partial charge in [0.1, 0.15) is 5.78 Å². The van der Waals surface area contributed by atoms with Crippen LogP contribution < -0.4 is 0 Å². The number of ketones is 2. The van der Waals surface area contributed by atoms with Crippen LogP contribution in [0.25, 0.3) is 0 Å². The topological polar surface area (TPSA) is 34.1 Å². The van der Waals surface area contributed by atoms with Crippen molar-refractivity contribution >= 4 is 34.8 Å². The van der Waals surface area contributed by atoms with E-state index in [1.165, 1.54) is 13.0 Å². The molecule has 0 aliphatic heterocycles. The quantitative estimate of drug-likeness (QED) is 0.771. The van der Waals surface area contributed by atoms with Crippen LogP contribution in [0.5, 0.6) is 0 Å². The fourth-order valence-electron chi connectivity index (χ4n) is 1.46. The van der Waals surface area contributed by atoms with E-state index in [1.807, 2.05) is 0 Å². The third-order valence-electron chi connectivity index (χ3n) is 2.25. The van der Waals surface area contributed by atoms with Gasteiger partial charge in [0.15, 0.2) is 5.78 Å². The highest BCUT2D eigenvalue weighted by Gasteiger charge is 2.17. The van der Waals surface area contributed by atoms with Gasteiger partial charge < -0.3 is 4.79 Å². The van der Waals surface area contributed by atoms with Crippen molar-refractivity contribution in [2.45, 2.75) is 20.3 Å². The second kappa shape index (κ2) is 5.46. The van der Waals surface area contributed by atoms with E-state index in [1.54, 1.807) is 19.1 Å². The summed E-state index contributed by atoms with van der Waals surface area (Å²) in [5, 5.41) is 0.764. The lowest BCUT2D eigenvalue weighted by atomic mass is 9.95. The molecule has 0 saturated heterocycles. The summed E-state index contributed by atoms with van der Waals surface area (Å²) in [6, 6.07) is 4.73. The van der Waals surface area contributed by atoms with Crippen molar-refractivity contribution in [3.63, 3.8) is 0 Å². The van der Waals surface area contributed by atoms with Gasteiger partial charge in [0, 0.05) is 17.9 Å². The molecule has 0 heterocycles. The number of Topliss-reactive ketones (excluding diaryl/α,β-unsaturated/α-hetero) is 2. The van der Waals surface area contributed by atoms with Crippen molar-refractivity contribution in [1.29, 1.82) is 0 Å². The Kier molecular flexibility index (Phi) is 4.51. The van der Waals surface area contributed by atoms with Crippen LogP contribution in [0.3, 0.4) is 0 Å². The van der Waals surface area contributed by atoms with Gasteiger partial charge in [0.2, 0.25) is 0 Å². The number of benzene rings is 1. The molecule has 4 heteroatoms. The molecule has 1 aromatic rings. The molecule has 1 unspecified atom stereocenters. The Bertz CT molecular complexity index is 427. The van der Waals surface area contributed by atoms with Gasteiger partial charge in [-0.1, -0.05) is 30.1 Å². The van der Waals surface area contributed by atoms with E-state index in [-0.39, 0.29) is 23.9 Å². The average molecular weight is 259 g/mol. The fourth-order valence-corrected chi connectivity index (χ4v) is 1.76. The van der Waals surface area contributed by atoms with Crippen molar-refractivity contribution in [1.82, 2.24) is 0 Å². The second-order valence-electron chi connectivity index (χ2n) is 3.80. The molecule has 0 spiro atoms. The van der Waals surface area contributed by atoms with Crippen LogP contribution in [0.15, 0.2) is 18.2 Å². The summed E-state index contributed by atoms with van der Waals surface area (Å²) >= 11 is 11.6. The molecule has 0 N–H and O–H groups in total. The van der Waals surface area contributed by atoms with Crippen molar-refractivity contribution in [2.24, 2.45) is 5.92 Å². The number of hydrogen-bond acceptors (Lipinski definition) is 2. The molecule has 0 aromatic heterocycles. The summed E-state index contributed by atoms with van der Waals surface area (Å²) in [6.07, 6.45) is 0.249. The zero-order chi connectivity index (χ0) is 12.3. The Morgan fingerprint density at radius 3 is 2.38 bits per heavy atom. The molecule has 1 atom stereocenters. The third kappa shape index (κ3) is 3.32. The lowest BCUT2D eigenvalue weighted by molar-refractivity contribution is -0.117. The largest absolute Gasteiger partial charge is 0.300 e. The standard InChI is InChI=1S/C12H12Cl2O2/c1-7(5-8(2)15)12(16)9-3-4-10(13)11(14)6-9/h3-4,6-7H,5H2,1-2H3. The molecule has 0 fully saturated rings. The van der Waals surface area contributed by atoms with Crippen LogP contribution in [0, 0.1) is 5.92 Å². The molecular formula is C12H12Cl2O2. The molecule has 1 aromatic carbocycles. The average Bonchev–Trinajstić information content (AvgIpc) is 2.20. The maximum atomic E-state index is 11.9. The van der Waals surface area contributed by atoms with Crippen molar-refractivity contribution < 1.29 is 9.59 Å². The number of hydrogen-bond donors (Lipinski definition) is 0. The SMILES string of the molecule is CC(=O)CC(C)C(=O)c1ccc(Cl)c(Cl)c1. The predicted molar refractivity (Wildman–Crippen MR) is 65.3 cm³/mol. The normalized spacial score (nSPS) is 12.2. The Balaban J connectivity index is 2.88. The highest BCUT2D eigenvalue weighted by molar-refractivity contribution is 6.42. The Morgan fingerprint density at radius 2 is 1.88 bits per heavy atom. The van der Waals surface area contributed by atoms with Gasteiger partial charge in [-0.2, -0.15) is 0 Å². The summed E-state index contributed by atoms with van der Waals surface area (Å²) in [5.41, 5.74) is 0.489. The molecule has 0 aliphatic carbocycles. The first-order valence-corrected chi connectivity index (χ1v) is 5.66. The minimum absolute atomic E-state index is 0.000843. The molecule has 16 heavy (non-hydrogen) atoms. The van der Waals surface area contributed by atoms with Crippen molar-refractivity contribution in [3.8, 4) is 0 Å². The first kappa shape index (κ1) is 13.2. The molecular weight excluding hydrogens is 247 g/mol. The molecule has 1 rings (SSSR count). The van der Waals surface area contributed by atoms with E-state index >= 15 is 0 Å². The van der Waals surface area contributed by atoms with Crippen LogP contribution in [-0.2, 0) is 4.79 Å². The van der Waals surface area contributed by atoms with Crippen molar-refractivity contribution in [2.75, 3.05) is 0 Å². The summed E-state index contributed by atoms with van der Waals surface area (Å²) in [6.45, 7) is 3.20. The van der Waals surface area contributed by atoms with E-state index < -0.39 is 0 Å². The number of carbonyl (C=O) groups excluding carboxylic acids is 2. The smallest absolute Gasteiger partial charge is 0.166 e. The third-order valence-corrected chi connectivity index (χ3v) is 2.98. The molecule has 86 valence electrons. The number of carbonyl (C=O) groups is 2. The summed E-state index contributed by atoms with van der Waals surface area (Å²) in [4.78, 5) is 22.8. The maximum Gasteiger partial charge on any atom is 0.166 e. The Labute approximate surface area is 105 Å². The summed E-state index contributed by atoms with van der Waals surface area (Å²) in [5.74, 6) is -0.413. The molecule has 0 bridgehead atoms. The van der Waals surface area contributed by atoms with Gasteiger partial charge in [-0.25, -0.2) is 0 Å². The molecule has 2 nitrogen and oxygen atoms in total. The maximum absolute atomic E-state index is 11.9. The van der Waals surface area contributed by atoms with E-state index in [9.17, 15) is 9.59 Å². The fraction of sp³-hybridized carbons (Fsp3) is 0.333. The van der Waals surface area contributed by atoms with Crippen LogP contribution in [0.4, 0.5) is 0 Å². The highest BCUT2D eigenvalue weighted by Crippen LogP contribution is 2.24. The van der Waals surface area contributed by atoms with Gasteiger partial charge in [0.25, 0.3) is 0 Å². The Morgan fingerprint density at radius 1 is 1.25 bits per heavy atom. The minimum atomic E-state index is -0.324. The van der Waals surface area contributed by atoms with E-state index in [0.29, 0.717) is 15.6 Å². The first-order chi connectivity index (χ1) is 7.41. The second-order valence-corrected chi connectivity index (χ2v) is 4.61. The van der Waals surface area contributed by atoms with Crippen LogP contribution >= 0.6 is 23.2 Å². The van der Waals surface area contributed by atoms with Gasteiger partial charge in [-0.05, 0) is 25.1 Å². The zero-order valence-electron chi connectivity index (χ0n) is 9.09. The number of halogens is 2. The van der Waals surface area contributed by atoms with Crippen molar-refractivity contribution in [3.05, 3.63) is 33.8 Å². The summed E-state index contributed by atoms with van der Waals surface area (Å²) in [7, 11) is 0. The lowest BCUT2D eigenvalue weighted by Crippen LogP contribution is -2.14. The molecule has 0 amide bonds. The zero-order valence-corrected chi connectivity index (χ0v) is 10.6. The predicted octanol–water partition coefficient (Wildman–Crippen LogP) is 3.79. The van der Waals surface area contributed by atoms with Gasteiger partial charge in [0.05, 0.1) is 10.0 Å². The monoisotopic (exact) mass is 258 g/mol. The highest BCUT2D eigenvalue weighted by atomic mass is 35.5. The molecule has 0 radical (unpaired) electrons. The van der Waals surface area contributed by atoms with E-state index in [0.717, 1.165) is 0 Å². The minimum Gasteiger partial charge on any atom is -0.300 e. The lowest BCUT2D eigenvalue weighted by Gasteiger charge is -2.08. The number of rotatable bonds is 4. The van der Waals surface area contributed by atoms with Crippen LogP contribution in [0.1, 0.15) is 30.6 Å². The van der Waals surface area contributed by atoms with Gasteiger partial charge >= 0.3 is 0 Å². The molecule has 0 saturated carbocycles. The first-order valence-electron chi connectivity index (χ1n) is 4.90. The van der Waals surface area contributed by atoms with E-state index in [2.05, 4.69) is 0 Å². The van der Waals surface area contributed by atoms with E-state index in [4.69, 9.17) is 23.2 Å².